The Kier molecular flexibility index (Phi) is 6.21. The molecular formula is C24H20FN5O3. The summed E-state index contributed by atoms with van der Waals surface area (Å²) in [6.45, 7) is 1.87. The highest BCUT2D eigenvalue weighted by molar-refractivity contribution is 5.91. The molecule has 0 saturated carbocycles. The van der Waals surface area contributed by atoms with Gasteiger partial charge in [-0.1, -0.05) is 48.0 Å². The summed E-state index contributed by atoms with van der Waals surface area (Å²) in [5.41, 5.74) is -0.156. The second-order valence-electron chi connectivity index (χ2n) is 7.38. The third-order valence-electron chi connectivity index (χ3n) is 4.97. The van der Waals surface area contributed by atoms with E-state index in [4.69, 9.17) is 0 Å². The lowest BCUT2D eigenvalue weighted by molar-refractivity contribution is 0.0940. The minimum Gasteiger partial charge on any atom is -0.345 e. The van der Waals surface area contributed by atoms with Crippen molar-refractivity contribution in [2.24, 2.45) is 0 Å². The molecule has 4 rings (SSSR count). The Morgan fingerprint density at radius 2 is 1.73 bits per heavy atom. The lowest BCUT2D eigenvalue weighted by Crippen LogP contribution is -2.46. The molecule has 33 heavy (non-hydrogen) atoms. The largest absolute Gasteiger partial charge is 0.352 e. The number of benzene rings is 2. The molecule has 0 spiro atoms. The molecule has 9 heteroatoms. The van der Waals surface area contributed by atoms with Crippen molar-refractivity contribution in [1.82, 2.24) is 24.6 Å². The van der Waals surface area contributed by atoms with Gasteiger partial charge in [0.05, 0.1) is 18.8 Å². The van der Waals surface area contributed by atoms with Crippen LogP contribution in [0.4, 0.5) is 4.39 Å². The summed E-state index contributed by atoms with van der Waals surface area (Å²) in [6, 6.07) is 18.0. The van der Waals surface area contributed by atoms with Crippen molar-refractivity contribution in [3.63, 3.8) is 0 Å². The Morgan fingerprint density at radius 3 is 2.42 bits per heavy atom. The topological polar surface area (TPSA) is 98.9 Å². The maximum absolute atomic E-state index is 14.5. The number of para-hydroxylation sites is 1. The smallest absolute Gasteiger partial charge is 0.345 e. The van der Waals surface area contributed by atoms with Gasteiger partial charge in [0.1, 0.15) is 11.5 Å². The molecule has 0 atom stereocenters. The number of rotatable bonds is 6. The van der Waals surface area contributed by atoms with Gasteiger partial charge in [-0.05, 0) is 36.8 Å². The third kappa shape index (κ3) is 4.77. The molecule has 2 aromatic carbocycles. The Labute approximate surface area is 188 Å². The van der Waals surface area contributed by atoms with Gasteiger partial charge in [0.25, 0.3) is 11.5 Å². The van der Waals surface area contributed by atoms with Crippen molar-refractivity contribution in [3.8, 4) is 5.69 Å². The Hall–Kier alpha value is -4.40. The molecule has 0 bridgehead atoms. The van der Waals surface area contributed by atoms with Crippen LogP contribution in [0, 0.1) is 12.7 Å². The van der Waals surface area contributed by atoms with Gasteiger partial charge in [0.2, 0.25) is 5.69 Å². The first-order valence-corrected chi connectivity index (χ1v) is 10.2. The molecule has 0 saturated heterocycles. The predicted molar refractivity (Wildman–Crippen MR) is 120 cm³/mol. The zero-order valence-corrected chi connectivity index (χ0v) is 17.7. The second kappa shape index (κ2) is 9.39. The van der Waals surface area contributed by atoms with Crippen LogP contribution < -0.4 is 16.6 Å². The minimum atomic E-state index is -0.869. The van der Waals surface area contributed by atoms with E-state index in [9.17, 15) is 18.8 Å². The number of pyridine rings is 1. The molecule has 4 aromatic rings. The molecule has 8 nitrogen and oxygen atoms in total. The first kappa shape index (κ1) is 21.8. The highest BCUT2D eigenvalue weighted by Crippen LogP contribution is 2.10. The Bertz CT molecular complexity index is 1410. The first-order chi connectivity index (χ1) is 15.9. The van der Waals surface area contributed by atoms with Crippen molar-refractivity contribution < 1.29 is 9.18 Å². The average molecular weight is 445 g/mol. The van der Waals surface area contributed by atoms with E-state index in [1.165, 1.54) is 24.3 Å². The minimum absolute atomic E-state index is 0.0532. The molecule has 0 radical (unpaired) electrons. The molecule has 1 N–H and O–H groups in total. The fourth-order valence-corrected chi connectivity index (χ4v) is 3.21. The van der Waals surface area contributed by atoms with E-state index >= 15 is 0 Å². The summed E-state index contributed by atoms with van der Waals surface area (Å²) in [4.78, 5) is 43.2. The Morgan fingerprint density at radius 1 is 1.00 bits per heavy atom. The van der Waals surface area contributed by atoms with Gasteiger partial charge in [0, 0.05) is 6.20 Å². The summed E-state index contributed by atoms with van der Waals surface area (Å²) in [5.74, 6) is -1.51. The molecule has 0 aliphatic heterocycles. The lowest BCUT2D eigenvalue weighted by Gasteiger charge is -2.13. The van der Waals surface area contributed by atoms with Crippen molar-refractivity contribution >= 4 is 5.91 Å². The third-order valence-corrected chi connectivity index (χ3v) is 4.97. The molecule has 0 fully saturated rings. The number of hydrogen-bond acceptors (Lipinski definition) is 5. The van der Waals surface area contributed by atoms with Crippen molar-refractivity contribution in [1.29, 1.82) is 0 Å². The summed E-state index contributed by atoms with van der Waals surface area (Å²) in [5, 5.41) is 6.51. The number of nitrogens with zero attached hydrogens (tertiary/aromatic N) is 4. The van der Waals surface area contributed by atoms with E-state index < -0.39 is 28.7 Å². The van der Waals surface area contributed by atoms with Crippen LogP contribution in [-0.2, 0) is 13.1 Å². The number of nitrogens with one attached hydrogen (secondary N) is 1. The van der Waals surface area contributed by atoms with E-state index in [0.29, 0.717) is 11.3 Å². The van der Waals surface area contributed by atoms with Crippen molar-refractivity contribution in [3.05, 3.63) is 122 Å². The zero-order chi connectivity index (χ0) is 23.4. The molecule has 166 valence electrons. The number of carbonyl (C=O) groups is 1. The second-order valence-corrected chi connectivity index (χ2v) is 7.38. The molecule has 0 aliphatic carbocycles. The summed E-state index contributed by atoms with van der Waals surface area (Å²) in [7, 11) is 0. The van der Waals surface area contributed by atoms with E-state index in [-0.39, 0.29) is 18.8 Å². The number of halogens is 1. The first-order valence-electron chi connectivity index (χ1n) is 10.2. The van der Waals surface area contributed by atoms with Crippen LogP contribution >= 0.6 is 0 Å². The summed E-state index contributed by atoms with van der Waals surface area (Å²) in [6.07, 6.45) is 1.58. The van der Waals surface area contributed by atoms with Gasteiger partial charge in [-0.25, -0.2) is 9.18 Å². The van der Waals surface area contributed by atoms with Gasteiger partial charge in [-0.3, -0.25) is 19.1 Å². The van der Waals surface area contributed by atoms with Crippen LogP contribution in [0.5, 0.6) is 0 Å². The van der Waals surface area contributed by atoms with Crippen LogP contribution in [0.2, 0.25) is 0 Å². The van der Waals surface area contributed by atoms with Crippen LogP contribution in [0.1, 0.15) is 27.3 Å². The number of carbonyl (C=O) groups excluding carboxylic acids is 1. The normalized spacial score (nSPS) is 10.7. The van der Waals surface area contributed by atoms with Crippen LogP contribution in [0.3, 0.4) is 0 Å². The van der Waals surface area contributed by atoms with E-state index in [1.54, 1.807) is 36.5 Å². The van der Waals surface area contributed by atoms with Crippen LogP contribution in [0.15, 0.2) is 82.5 Å². The van der Waals surface area contributed by atoms with Crippen molar-refractivity contribution in [2.75, 3.05) is 0 Å². The molecule has 0 aliphatic rings. The Balaban J connectivity index is 1.79. The van der Waals surface area contributed by atoms with Crippen LogP contribution in [0.25, 0.3) is 5.69 Å². The maximum atomic E-state index is 14.5. The molecule has 0 unspecified atom stereocenters. The van der Waals surface area contributed by atoms with Gasteiger partial charge in [-0.2, -0.15) is 9.78 Å². The standard InChI is InChI=1S/C24H20FN5O3/c1-16-9-11-17(12-10-16)15-29-23(32)21(22(31)27-14-18-6-4-5-13-26-18)28-30(24(29)33)20-8-3-2-7-19(20)25/h2-13H,14-15H2,1H3,(H,27,31). The molecular weight excluding hydrogens is 425 g/mol. The molecule has 1 amide bonds. The van der Waals surface area contributed by atoms with E-state index in [1.807, 2.05) is 19.1 Å². The lowest BCUT2D eigenvalue weighted by atomic mass is 10.1. The monoisotopic (exact) mass is 445 g/mol. The van der Waals surface area contributed by atoms with E-state index in [0.717, 1.165) is 14.8 Å². The van der Waals surface area contributed by atoms with Gasteiger partial charge < -0.3 is 5.32 Å². The average Bonchev–Trinajstić information content (AvgIpc) is 2.83. The van der Waals surface area contributed by atoms with Gasteiger partial charge in [0.15, 0.2) is 0 Å². The highest BCUT2D eigenvalue weighted by atomic mass is 19.1. The number of amides is 1. The fourth-order valence-electron chi connectivity index (χ4n) is 3.21. The van der Waals surface area contributed by atoms with Crippen LogP contribution in [-0.4, -0.2) is 25.2 Å². The van der Waals surface area contributed by atoms with Gasteiger partial charge in [-0.15, -0.1) is 0 Å². The number of aryl methyl sites for hydroxylation is 1. The number of aromatic nitrogens is 4. The fraction of sp³-hybridized carbons (Fsp3) is 0.125. The SMILES string of the molecule is Cc1ccc(Cn2c(=O)c(C(=O)NCc3ccccn3)nn(-c3ccccc3F)c2=O)cc1. The summed E-state index contributed by atoms with van der Waals surface area (Å²) < 4.78 is 16.1. The van der Waals surface area contributed by atoms with E-state index in [2.05, 4.69) is 15.4 Å². The maximum Gasteiger partial charge on any atom is 0.352 e. The quantitative estimate of drug-likeness (QED) is 0.491. The molecule has 2 aromatic heterocycles. The highest BCUT2D eigenvalue weighted by Gasteiger charge is 2.21. The predicted octanol–water partition coefficient (Wildman–Crippen LogP) is 2.22. The summed E-state index contributed by atoms with van der Waals surface area (Å²) >= 11 is 0. The number of hydrogen-bond donors (Lipinski definition) is 1. The van der Waals surface area contributed by atoms with Gasteiger partial charge >= 0.3 is 5.69 Å². The molecule has 2 heterocycles. The van der Waals surface area contributed by atoms with Crippen molar-refractivity contribution in [2.45, 2.75) is 20.0 Å². The zero-order valence-electron chi connectivity index (χ0n) is 17.7.